The number of rotatable bonds is 8. The lowest BCUT2D eigenvalue weighted by molar-refractivity contribution is -0.174. The van der Waals surface area contributed by atoms with Gasteiger partial charge in [-0.1, -0.05) is 6.07 Å². The first-order valence-electron chi connectivity index (χ1n) is 6.28. The van der Waals surface area contributed by atoms with E-state index < -0.39 is 18.6 Å². The molecule has 0 aliphatic rings. The van der Waals surface area contributed by atoms with Gasteiger partial charge in [0, 0.05) is 12.6 Å². The van der Waals surface area contributed by atoms with Crippen LogP contribution in [0.3, 0.4) is 0 Å². The van der Waals surface area contributed by atoms with Gasteiger partial charge in [0.05, 0.1) is 7.11 Å². The Balaban J connectivity index is 2.45. The Morgan fingerprint density at radius 2 is 2.05 bits per heavy atom. The molecule has 0 saturated heterocycles. The van der Waals surface area contributed by atoms with Crippen LogP contribution in [0.1, 0.15) is 12.0 Å². The highest BCUT2D eigenvalue weighted by molar-refractivity contribution is 5.29. The summed E-state index contributed by atoms with van der Waals surface area (Å²) in [6.07, 6.45) is -3.70. The molecule has 0 aliphatic carbocycles. The Morgan fingerprint density at radius 1 is 1.33 bits per heavy atom. The van der Waals surface area contributed by atoms with Crippen molar-refractivity contribution in [2.75, 3.05) is 20.3 Å². The molecule has 0 saturated carbocycles. The Bertz CT molecular complexity index is 441. The molecule has 1 atom stereocenters. The van der Waals surface area contributed by atoms with E-state index in [1.54, 1.807) is 6.07 Å². The summed E-state index contributed by atoms with van der Waals surface area (Å²) in [4.78, 5) is 0. The zero-order chi connectivity index (χ0) is 15.9. The fourth-order valence-electron chi connectivity index (χ4n) is 1.78. The van der Waals surface area contributed by atoms with Gasteiger partial charge in [0.2, 0.25) is 0 Å². The molecule has 0 radical (unpaired) electrons. The highest BCUT2D eigenvalue weighted by Crippen LogP contribution is 2.19. The van der Waals surface area contributed by atoms with Crippen LogP contribution in [0.5, 0.6) is 5.75 Å². The fourth-order valence-corrected chi connectivity index (χ4v) is 1.78. The summed E-state index contributed by atoms with van der Waals surface area (Å²) in [6, 6.07) is 4.15. The number of nitrogens with one attached hydrogen (secondary N) is 1. The molecule has 8 heteroatoms. The van der Waals surface area contributed by atoms with E-state index in [-0.39, 0.29) is 24.8 Å². The maximum atomic E-state index is 13.5. The fraction of sp³-hybridized carbons (Fsp3) is 0.538. The van der Waals surface area contributed by atoms with Gasteiger partial charge in [0.15, 0.2) is 11.6 Å². The standard InChI is InChI=1S/C13H18F4N2O2/c1-20-12-3-2-9(7-11(12)14)6-10(19-18)4-5-21-8-13(15,16)17/h2-3,7,10,19H,4-6,8,18H2,1H3. The second kappa shape index (κ2) is 8.16. The molecule has 3 N–H and O–H groups in total. The van der Waals surface area contributed by atoms with E-state index in [1.165, 1.54) is 19.2 Å². The molecule has 4 nitrogen and oxygen atoms in total. The molecule has 0 heterocycles. The van der Waals surface area contributed by atoms with Crippen LogP contribution < -0.4 is 16.0 Å². The summed E-state index contributed by atoms with van der Waals surface area (Å²) >= 11 is 0. The zero-order valence-corrected chi connectivity index (χ0v) is 11.5. The van der Waals surface area contributed by atoms with Gasteiger partial charge in [-0.05, 0) is 30.5 Å². The van der Waals surface area contributed by atoms with Crippen LogP contribution in [0.4, 0.5) is 17.6 Å². The molecule has 0 bridgehead atoms. The molecule has 0 fully saturated rings. The molecule has 1 aromatic carbocycles. The number of methoxy groups -OCH3 is 1. The first-order valence-corrected chi connectivity index (χ1v) is 6.28. The van der Waals surface area contributed by atoms with E-state index in [0.29, 0.717) is 12.0 Å². The van der Waals surface area contributed by atoms with Crippen LogP contribution in [-0.4, -0.2) is 32.5 Å². The van der Waals surface area contributed by atoms with Crippen LogP contribution in [-0.2, 0) is 11.2 Å². The summed E-state index contributed by atoms with van der Waals surface area (Å²) in [5.74, 6) is 4.96. The summed E-state index contributed by atoms with van der Waals surface area (Å²) < 4.78 is 58.5. The second-order valence-electron chi connectivity index (χ2n) is 4.49. The summed E-state index contributed by atoms with van der Waals surface area (Å²) in [5, 5.41) is 0. The molecule has 1 rings (SSSR count). The van der Waals surface area contributed by atoms with Gasteiger partial charge in [-0.25, -0.2) is 4.39 Å². The predicted octanol–water partition coefficient (Wildman–Crippen LogP) is 2.18. The minimum Gasteiger partial charge on any atom is -0.494 e. The van der Waals surface area contributed by atoms with E-state index in [4.69, 9.17) is 10.6 Å². The molecular formula is C13H18F4N2O2. The van der Waals surface area contributed by atoms with Crippen molar-refractivity contribution in [3.63, 3.8) is 0 Å². The Morgan fingerprint density at radius 3 is 2.57 bits per heavy atom. The summed E-state index contributed by atoms with van der Waals surface area (Å²) in [5.41, 5.74) is 3.14. The molecule has 0 spiro atoms. The number of hydrazine groups is 1. The number of nitrogens with two attached hydrogens (primary N) is 1. The van der Waals surface area contributed by atoms with Crippen molar-refractivity contribution < 1.29 is 27.0 Å². The number of hydrogen-bond donors (Lipinski definition) is 2. The van der Waals surface area contributed by atoms with E-state index in [9.17, 15) is 17.6 Å². The lowest BCUT2D eigenvalue weighted by Gasteiger charge is -2.16. The second-order valence-corrected chi connectivity index (χ2v) is 4.49. The molecule has 21 heavy (non-hydrogen) atoms. The highest BCUT2D eigenvalue weighted by atomic mass is 19.4. The summed E-state index contributed by atoms with van der Waals surface area (Å²) in [7, 11) is 1.36. The maximum Gasteiger partial charge on any atom is 0.411 e. The van der Waals surface area contributed by atoms with E-state index in [2.05, 4.69) is 10.2 Å². The van der Waals surface area contributed by atoms with Gasteiger partial charge in [-0.2, -0.15) is 13.2 Å². The third-order valence-electron chi connectivity index (χ3n) is 2.81. The van der Waals surface area contributed by atoms with Gasteiger partial charge < -0.3 is 9.47 Å². The Kier molecular flexibility index (Phi) is 6.86. The number of benzene rings is 1. The minimum absolute atomic E-state index is 0.0903. The van der Waals surface area contributed by atoms with Crippen LogP contribution in [0.2, 0.25) is 0 Å². The van der Waals surface area contributed by atoms with Crippen LogP contribution in [0.15, 0.2) is 18.2 Å². The number of hydrogen-bond acceptors (Lipinski definition) is 4. The highest BCUT2D eigenvalue weighted by Gasteiger charge is 2.27. The normalized spacial score (nSPS) is 13.2. The maximum absolute atomic E-state index is 13.5. The van der Waals surface area contributed by atoms with Gasteiger partial charge in [0.25, 0.3) is 0 Å². The molecule has 120 valence electrons. The third-order valence-corrected chi connectivity index (χ3v) is 2.81. The minimum atomic E-state index is -4.34. The molecule has 0 aromatic heterocycles. The largest absolute Gasteiger partial charge is 0.494 e. The van der Waals surface area contributed by atoms with Crippen molar-refractivity contribution in [3.8, 4) is 5.75 Å². The summed E-state index contributed by atoms with van der Waals surface area (Å²) in [6.45, 7) is -1.38. The average Bonchev–Trinajstić information content (AvgIpc) is 2.41. The molecular weight excluding hydrogens is 292 g/mol. The van der Waals surface area contributed by atoms with Crippen molar-refractivity contribution in [3.05, 3.63) is 29.6 Å². The quantitative estimate of drug-likeness (QED) is 0.334. The number of ether oxygens (including phenoxy) is 2. The van der Waals surface area contributed by atoms with Crippen molar-refractivity contribution in [2.24, 2.45) is 5.84 Å². The average molecular weight is 310 g/mol. The first kappa shape index (κ1) is 17.7. The van der Waals surface area contributed by atoms with E-state index >= 15 is 0 Å². The zero-order valence-electron chi connectivity index (χ0n) is 11.5. The Hall–Kier alpha value is -1.38. The van der Waals surface area contributed by atoms with Crippen molar-refractivity contribution in [1.29, 1.82) is 0 Å². The topological polar surface area (TPSA) is 56.5 Å². The SMILES string of the molecule is COc1ccc(CC(CCOCC(F)(F)F)NN)cc1F. The Labute approximate surface area is 120 Å². The lowest BCUT2D eigenvalue weighted by atomic mass is 10.0. The van der Waals surface area contributed by atoms with Crippen molar-refractivity contribution in [2.45, 2.75) is 25.1 Å². The predicted molar refractivity (Wildman–Crippen MR) is 69.3 cm³/mol. The molecule has 0 amide bonds. The van der Waals surface area contributed by atoms with Crippen LogP contribution in [0.25, 0.3) is 0 Å². The van der Waals surface area contributed by atoms with E-state index in [1.807, 2.05) is 0 Å². The van der Waals surface area contributed by atoms with Crippen molar-refractivity contribution >= 4 is 0 Å². The smallest absolute Gasteiger partial charge is 0.411 e. The monoisotopic (exact) mass is 310 g/mol. The van der Waals surface area contributed by atoms with Crippen LogP contribution in [0, 0.1) is 5.82 Å². The number of alkyl halides is 3. The molecule has 0 aliphatic heterocycles. The molecule has 1 unspecified atom stereocenters. The van der Waals surface area contributed by atoms with E-state index in [0.717, 1.165) is 0 Å². The third kappa shape index (κ3) is 6.74. The van der Waals surface area contributed by atoms with Gasteiger partial charge in [-0.3, -0.25) is 11.3 Å². The van der Waals surface area contributed by atoms with Gasteiger partial charge in [0.1, 0.15) is 6.61 Å². The first-order chi connectivity index (χ1) is 9.85. The van der Waals surface area contributed by atoms with Crippen LogP contribution >= 0.6 is 0 Å². The number of halogens is 4. The van der Waals surface area contributed by atoms with Gasteiger partial charge >= 0.3 is 6.18 Å². The van der Waals surface area contributed by atoms with Crippen molar-refractivity contribution in [1.82, 2.24) is 5.43 Å². The lowest BCUT2D eigenvalue weighted by Crippen LogP contribution is -2.38. The molecule has 1 aromatic rings. The van der Waals surface area contributed by atoms with Gasteiger partial charge in [-0.15, -0.1) is 0 Å².